The second-order valence-electron chi connectivity index (χ2n) is 4.76. The maximum atomic E-state index is 6.52. The first kappa shape index (κ1) is 15.7. The molecule has 2 rings (SSSR count). The van der Waals surface area contributed by atoms with Crippen LogP contribution in [0.5, 0.6) is 5.75 Å². The molecule has 0 saturated carbocycles. The molecular formula is C16H15BrCl2O. The van der Waals surface area contributed by atoms with Gasteiger partial charge in [-0.25, -0.2) is 0 Å². The molecule has 2 aromatic rings. The molecule has 20 heavy (non-hydrogen) atoms. The molecule has 0 radical (unpaired) electrons. The van der Waals surface area contributed by atoms with E-state index in [0.717, 1.165) is 21.3 Å². The monoisotopic (exact) mass is 372 g/mol. The van der Waals surface area contributed by atoms with Gasteiger partial charge in [-0.2, -0.15) is 0 Å². The third kappa shape index (κ3) is 3.91. The quantitative estimate of drug-likeness (QED) is 0.578. The Bertz CT molecular complexity index is 582. The number of benzene rings is 2. The summed E-state index contributed by atoms with van der Waals surface area (Å²) in [6, 6.07) is 13.5. The Labute approximate surface area is 138 Å². The standard InChI is InChI=1S/C16H15BrCl2O/c1-10(2)20-13-6-3-11(4-7-13)16(19)14-9-12(17)5-8-15(14)18/h3-10,16H,1-2H3. The van der Waals surface area contributed by atoms with E-state index in [2.05, 4.69) is 15.9 Å². The van der Waals surface area contributed by atoms with E-state index in [9.17, 15) is 0 Å². The number of halogens is 3. The summed E-state index contributed by atoms with van der Waals surface area (Å²) in [7, 11) is 0. The van der Waals surface area contributed by atoms with Crippen molar-refractivity contribution in [1.29, 1.82) is 0 Å². The molecule has 1 nitrogen and oxygen atoms in total. The van der Waals surface area contributed by atoms with Gasteiger partial charge in [0.25, 0.3) is 0 Å². The number of alkyl halides is 1. The summed E-state index contributed by atoms with van der Waals surface area (Å²) < 4.78 is 6.58. The predicted octanol–water partition coefficient (Wildman–Crippen LogP) is 6.22. The summed E-state index contributed by atoms with van der Waals surface area (Å²) >= 11 is 16.2. The fourth-order valence-corrected chi connectivity index (χ4v) is 2.86. The van der Waals surface area contributed by atoms with Crippen LogP contribution in [0.1, 0.15) is 30.4 Å². The van der Waals surface area contributed by atoms with Crippen molar-refractivity contribution >= 4 is 39.1 Å². The van der Waals surface area contributed by atoms with Crippen molar-refractivity contribution in [2.75, 3.05) is 0 Å². The topological polar surface area (TPSA) is 9.23 Å². The molecule has 0 aliphatic heterocycles. The van der Waals surface area contributed by atoms with Gasteiger partial charge in [0.2, 0.25) is 0 Å². The van der Waals surface area contributed by atoms with Crippen molar-refractivity contribution in [2.24, 2.45) is 0 Å². The fourth-order valence-electron chi connectivity index (χ4n) is 1.88. The smallest absolute Gasteiger partial charge is 0.119 e. The van der Waals surface area contributed by atoms with Gasteiger partial charge in [0.05, 0.1) is 11.5 Å². The summed E-state index contributed by atoms with van der Waals surface area (Å²) in [5, 5.41) is 0.379. The lowest BCUT2D eigenvalue weighted by Gasteiger charge is -2.14. The predicted molar refractivity (Wildman–Crippen MR) is 89.1 cm³/mol. The van der Waals surface area contributed by atoms with Crippen LogP contribution in [0.25, 0.3) is 0 Å². The van der Waals surface area contributed by atoms with Crippen LogP contribution in [0.2, 0.25) is 5.02 Å². The molecule has 0 N–H and O–H groups in total. The van der Waals surface area contributed by atoms with Crippen molar-refractivity contribution < 1.29 is 4.74 Å². The first-order chi connectivity index (χ1) is 9.47. The van der Waals surface area contributed by atoms with Gasteiger partial charge in [-0.05, 0) is 55.3 Å². The first-order valence-electron chi connectivity index (χ1n) is 6.33. The Morgan fingerprint density at radius 1 is 1.05 bits per heavy atom. The van der Waals surface area contributed by atoms with Gasteiger partial charge in [0.15, 0.2) is 0 Å². The lowest BCUT2D eigenvalue weighted by atomic mass is 10.0. The molecule has 0 amide bonds. The van der Waals surface area contributed by atoms with E-state index in [1.807, 2.05) is 56.3 Å². The first-order valence-corrected chi connectivity index (χ1v) is 7.93. The van der Waals surface area contributed by atoms with Crippen LogP contribution < -0.4 is 4.74 Å². The molecular weight excluding hydrogens is 359 g/mol. The third-order valence-electron chi connectivity index (χ3n) is 2.78. The summed E-state index contributed by atoms with van der Waals surface area (Å²) in [6.07, 6.45) is 0.159. The highest BCUT2D eigenvalue weighted by atomic mass is 79.9. The molecule has 0 bridgehead atoms. The average Bonchev–Trinajstić information content (AvgIpc) is 2.41. The van der Waals surface area contributed by atoms with E-state index in [0.29, 0.717) is 5.02 Å². The highest BCUT2D eigenvalue weighted by Crippen LogP contribution is 2.35. The molecule has 2 aromatic carbocycles. The Morgan fingerprint density at radius 3 is 2.30 bits per heavy atom. The fraction of sp³-hybridized carbons (Fsp3) is 0.250. The zero-order chi connectivity index (χ0) is 14.7. The third-order valence-corrected chi connectivity index (χ3v) is 4.10. The van der Waals surface area contributed by atoms with Gasteiger partial charge in [-0.15, -0.1) is 11.6 Å². The molecule has 1 atom stereocenters. The van der Waals surface area contributed by atoms with Gasteiger partial charge in [-0.1, -0.05) is 39.7 Å². The van der Waals surface area contributed by atoms with E-state index in [-0.39, 0.29) is 11.5 Å². The lowest BCUT2D eigenvalue weighted by molar-refractivity contribution is 0.242. The Hall–Kier alpha value is -0.700. The molecule has 1 unspecified atom stereocenters. The van der Waals surface area contributed by atoms with Crippen molar-refractivity contribution in [3.8, 4) is 5.75 Å². The van der Waals surface area contributed by atoms with Crippen LogP contribution in [0.4, 0.5) is 0 Å². The highest BCUT2D eigenvalue weighted by Gasteiger charge is 2.15. The molecule has 0 saturated heterocycles. The Kier molecular flexibility index (Phi) is 5.36. The second-order valence-corrected chi connectivity index (χ2v) is 6.52. The summed E-state index contributed by atoms with van der Waals surface area (Å²) in [5.41, 5.74) is 1.88. The zero-order valence-electron chi connectivity index (χ0n) is 11.2. The van der Waals surface area contributed by atoms with Crippen molar-refractivity contribution in [3.05, 3.63) is 63.1 Å². The Morgan fingerprint density at radius 2 is 1.70 bits per heavy atom. The zero-order valence-corrected chi connectivity index (χ0v) is 14.3. The van der Waals surface area contributed by atoms with Crippen LogP contribution in [0.3, 0.4) is 0 Å². The van der Waals surface area contributed by atoms with Gasteiger partial charge in [0.1, 0.15) is 5.75 Å². The highest BCUT2D eigenvalue weighted by molar-refractivity contribution is 9.10. The normalized spacial score (nSPS) is 12.5. The van der Waals surface area contributed by atoms with Crippen molar-refractivity contribution in [3.63, 3.8) is 0 Å². The number of rotatable bonds is 4. The van der Waals surface area contributed by atoms with Crippen molar-refractivity contribution in [1.82, 2.24) is 0 Å². The van der Waals surface area contributed by atoms with Gasteiger partial charge >= 0.3 is 0 Å². The van der Waals surface area contributed by atoms with E-state index < -0.39 is 0 Å². The lowest BCUT2D eigenvalue weighted by Crippen LogP contribution is -2.05. The SMILES string of the molecule is CC(C)Oc1ccc(C(Cl)c2cc(Br)ccc2Cl)cc1. The minimum absolute atomic E-state index is 0.159. The van der Waals surface area contributed by atoms with Crippen LogP contribution >= 0.6 is 39.1 Å². The minimum Gasteiger partial charge on any atom is -0.491 e. The van der Waals surface area contributed by atoms with Crippen molar-refractivity contribution in [2.45, 2.75) is 25.3 Å². The average molecular weight is 374 g/mol. The summed E-state index contributed by atoms with van der Waals surface area (Å²) in [5.74, 6) is 0.841. The molecule has 0 heterocycles. The molecule has 0 spiro atoms. The van der Waals surface area contributed by atoms with E-state index >= 15 is 0 Å². The minimum atomic E-state index is -0.284. The number of hydrogen-bond acceptors (Lipinski definition) is 1. The second kappa shape index (κ2) is 6.84. The molecule has 0 fully saturated rings. The number of ether oxygens (including phenoxy) is 1. The van der Waals surface area contributed by atoms with Gasteiger partial charge < -0.3 is 4.74 Å². The summed E-state index contributed by atoms with van der Waals surface area (Å²) in [4.78, 5) is 0. The number of hydrogen-bond donors (Lipinski definition) is 0. The molecule has 0 aliphatic carbocycles. The summed E-state index contributed by atoms with van der Waals surface area (Å²) in [6.45, 7) is 4.00. The van der Waals surface area contributed by atoms with E-state index in [1.165, 1.54) is 0 Å². The molecule has 0 aromatic heterocycles. The van der Waals surface area contributed by atoms with Crippen LogP contribution in [0.15, 0.2) is 46.9 Å². The molecule has 0 aliphatic rings. The van der Waals surface area contributed by atoms with Gasteiger partial charge in [-0.3, -0.25) is 0 Å². The van der Waals surface area contributed by atoms with Gasteiger partial charge in [0, 0.05) is 9.50 Å². The maximum absolute atomic E-state index is 6.52. The van der Waals surface area contributed by atoms with Crippen LogP contribution in [0, 0.1) is 0 Å². The van der Waals surface area contributed by atoms with E-state index in [1.54, 1.807) is 0 Å². The Balaban J connectivity index is 2.24. The van der Waals surface area contributed by atoms with Crippen LogP contribution in [-0.4, -0.2) is 6.10 Å². The molecule has 4 heteroatoms. The van der Waals surface area contributed by atoms with Crippen LogP contribution in [-0.2, 0) is 0 Å². The maximum Gasteiger partial charge on any atom is 0.119 e. The van der Waals surface area contributed by atoms with E-state index in [4.69, 9.17) is 27.9 Å². The molecule has 106 valence electrons. The largest absolute Gasteiger partial charge is 0.491 e.